The fourth-order valence-electron chi connectivity index (χ4n) is 2.14. The maximum Gasteiger partial charge on any atom is 0.274 e. The Balaban J connectivity index is 2.27. The molecular formula is C14H13ClN4O. The van der Waals surface area contributed by atoms with Crippen molar-refractivity contribution in [2.75, 3.05) is 5.88 Å². The van der Waals surface area contributed by atoms with Crippen molar-refractivity contribution in [2.24, 2.45) is 0 Å². The largest absolute Gasteiger partial charge is 0.274 e. The normalized spacial score (nSPS) is 11.1. The lowest BCUT2D eigenvalue weighted by molar-refractivity contribution is 0.565. The molecule has 0 amide bonds. The van der Waals surface area contributed by atoms with Crippen molar-refractivity contribution in [3.05, 3.63) is 53.1 Å². The molecule has 0 spiro atoms. The van der Waals surface area contributed by atoms with E-state index in [1.807, 2.05) is 36.5 Å². The molecule has 2 aromatic heterocycles. The molecule has 0 saturated heterocycles. The second kappa shape index (κ2) is 5.46. The number of nitrogens with zero attached hydrogens (tertiary/aromatic N) is 4. The molecule has 0 bridgehead atoms. The van der Waals surface area contributed by atoms with Crippen LogP contribution in [-0.4, -0.2) is 25.4 Å². The number of aryl methyl sites for hydroxylation is 1. The molecule has 0 N–H and O–H groups in total. The van der Waals surface area contributed by atoms with Gasteiger partial charge in [-0.2, -0.15) is 5.10 Å². The van der Waals surface area contributed by atoms with Gasteiger partial charge in [0.2, 0.25) is 0 Å². The van der Waals surface area contributed by atoms with Crippen molar-refractivity contribution in [1.29, 1.82) is 0 Å². The molecule has 5 nitrogen and oxygen atoms in total. The highest BCUT2D eigenvalue weighted by Gasteiger charge is 2.11. The lowest BCUT2D eigenvalue weighted by Crippen LogP contribution is -2.25. The van der Waals surface area contributed by atoms with Gasteiger partial charge in [-0.1, -0.05) is 18.2 Å². The molecular weight excluding hydrogens is 276 g/mol. The standard InChI is InChI=1S/C14H13ClN4O/c15-7-3-9-19-14(20)12-6-2-1-5-11(12)13(17-19)18-10-4-8-16-18/h1-2,4-6,8,10H,3,7,9H2. The molecule has 0 aliphatic heterocycles. The van der Waals surface area contributed by atoms with Crippen LogP contribution in [0.1, 0.15) is 6.42 Å². The first kappa shape index (κ1) is 12.9. The van der Waals surface area contributed by atoms with Crippen molar-refractivity contribution in [2.45, 2.75) is 13.0 Å². The quantitative estimate of drug-likeness (QED) is 0.692. The van der Waals surface area contributed by atoms with Gasteiger partial charge in [-0.05, 0) is 18.6 Å². The number of benzene rings is 1. The van der Waals surface area contributed by atoms with E-state index in [4.69, 9.17) is 11.6 Å². The smallest absolute Gasteiger partial charge is 0.267 e. The number of hydrogen-bond donors (Lipinski definition) is 0. The highest BCUT2D eigenvalue weighted by atomic mass is 35.5. The van der Waals surface area contributed by atoms with E-state index in [-0.39, 0.29) is 5.56 Å². The maximum atomic E-state index is 12.4. The summed E-state index contributed by atoms with van der Waals surface area (Å²) in [6.45, 7) is 0.501. The lowest BCUT2D eigenvalue weighted by Gasteiger charge is -2.10. The van der Waals surface area contributed by atoms with Gasteiger partial charge in [0.1, 0.15) is 0 Å². The summed E-state index contributed by atoms with van der Waals surface area (Å²) >= 11 is 5.70. The number of hydrogen-bond acceptors (Lipinski definition) is 3. The van der Waals surface area contributed by atoms with Crippen molar-refractivity contribution in [3.63, 3.8) is 0 Å². The number of fused-ring (bicyclic) bond motifs is 1. The minimum absolute atomic E-state index is 0.0957. The van der Waals surface area contributed by atoms with Crippen molar-refractivity contribution in [1.82, 2.24) is 19.6 Å². The molecule has 3 rings (SSSR count). The second-order valence-electron chi connectivity index (χ2n) is 4.39. The first-order valence-corrected chi connectivity index (χ1v) is 6.90. The Kier molecular flexibility index (Phi) is 3.52. The minimum atomic E-state index is -0.0957. The highest BCUT2D eigenvalue weighted by Crippen LogP contribution is 2.16. The third-order valence-corrected chi connectivity index (χ3v) is 3.34. The summed E-state index contributed by atoms with van der Waals surface area (Å²) in [5.74, 6) is 1.15. The predicted molar refractivity (Wildman–Crippen MR) is 78.5 cm³/mol. The molecule has 0 aliphatic carbocycles. The van der Waals surface area contributed by atoms with E-state index in [9.17, 15) is 4.79 Å². The highest BCUT2D eigenvalue weighted by molar-refractivity contribution is 6.17. The molecule has 102 valence electrons. The Bertz CT molecular complexity index is 779. The zero-order valence-corrected chi connectivity index (χ0v) is 11.5. The third kappa shape index (κ3) is 2.20. The van der Waals surface area contributed by atoms with Crippen LogP contribution in [0.2, 0.25) is 0 Å². The Labute approximate surface area is 120 Å². The summed E-state index contributed by atoms with van der Waals surface area (Å²) < 4.78 is 3.13. The van der Waals surface area contributed by atoms with E-state index in [2.05, 4.69) is 10.2 Å². The molecule has 0 saturated carbocycles. The predicted octanol–water partition coefficient (Wildman–Crippen LogP) is 2.21. The zero-order chi connectivity index (χ0) is 13.9. The van der Waals surface area contributed by atoms with E-state index in [1.165, 1.54) is 4.68 Å². The van der Waals surface area contributed by atoms with Crippen LogP contribution in [0.15, 0.2) is 47.5 Å². The van der Waals surface area contributed by atoms with Gasteiger partial charge in [0, 0.05) is 30.2 Å². The number of halogens is 1. The van der Waals surface area contributed by atoms with Crippen molar-refractivity contribution >= 4 is 22.4 Å². The second-order valence-corrected chi connectivity index (χ2v) is 4.77. The zero-order valence-electron chi connectivity index (χ0n) is 10.7. The Morgan fingerprint density at radius 1 is 1.15 bits per heavy atom. The molecule has 0 fully saturated rings. The Hall–Kier alpha value is -2.14. The maximum absolute atomic E-state index is 12.4. The van der Waals surface area contributed by atoms with E-state index >= 15 is 0 Å². The van der Waals surface area contributed by atoms with Crippen LogP contribution in [0.3, 0.4) is 0 Å². The summed E-state index contributed by atoms with van der Waals surface area (Å²) in [6.07, 6.45) is 4.20. The minimum Gasteiger partial charge on any atom is -0.267 e. The van der Waals surface area contributed by atoms with Crippen LogP contribution >= 0.6 is 11.6 Å². The molecule has 0 radical (unpaired) electrons. The number of alkyl halides is 1. The van der Waals surface area contributed by atoms with Gasteiger partial charge in [0.15, 0.2) is 5.82 Å². The van der Waals surface area contributed by atoms with Crippen molar-refractivity contribution < 1.29 is 0 Å². The van der Waals surface area contributed by atoms with Gasteiger partial charge in [0.05, 0.1) is 5.39 Å². The fourth-order valence-corrected chi connectivity index (χ4v) is 2.26. The summed E-state index contributed by atoms with van der Waals surface area (Å²) in [6, 6.07) is 9.25. The first-order valence-electron chi connectivity index (χ1n) is 6.37. The summed E-state index contributed by atoms with van der Waals surface area (Å²) in [4.78, 5) is 12.4. The number of aromatic nitrogens is 4. The SMILES string of the molecule is O=c1c2ccccc2c(-n2cccn2)nn1CCCCl. The van der Waals surface area contributed by atoms with E-state index in [0.29, 0.717) is 30.0 Å². The van der Waals surface area contributed by atoms with Crippen LogP contribution in [0, 0.1) is 0 Å². The van der Waals surface area contributed by atoms with Crippen LogP contribution < -0.4 is 5.56 Å². The Morgan fingerprint density at radius 2 is 1.95 bits per heavy atom. The van der Waals surface area contributed by atoms with Gasteiger partial charge in [-0.15, -0.1) is 16.7 Å². The molecule has 0 atom stereocenters. The van der Waals surface area contributed by atoms with E-state index in [0.717, 1.165) is 5.39 Å². The monoisotopic (exact) mass is 288 g/mol. The first-order chi connectivity index (χ1) is 9.81. The molecule has 2 heterocycles. The average molecular weight is 289 g/mol. The molecule has 20 heavy (non-hydrogen) atoms. The molecule has 1 aromatic carbocycles. The van der Waals surface area contributed by atoms with Crippen LogP contribution in [0.4, 0.5) is 0 Å². The lowest BCUT2D eigenvalue weighted by atomic mass is 10.2. The summed E-state index contributed by atoms with van der Waals surface area (Å²) in [5, 5.41) is 10.1. The summed E-state index contributed by atoms with van der Waals surface area (Å²) in [7, 11) is 0. The van der Waals surface area contributed by atoms with Gasteiger partial charge in [0.25, 0.3) is 5.56 Å². The van der Waals surface area contributed by atoms with E-state index < -0.39 is 0 Å². The molecule has 0 unspecified atom stereocenters. The van der Waals surface area contributed by atoms with Crippen LogP contribution in [0.5, 0.6) is 0 Å². The van der Waals surface area contributed by atoms with Gasteiger partial charge < -0.3 is 0 Å². The van der Waals surface area contributed by atoms with Crippen molar-refractivity contribution in [3.8, 4) is 5.82 Å². The molecule has 6 heteroatoms. The molecule has 0 aliphatic rings. The van der Waals surface area contributed by atoms with Crippen LogP contribution in [0.25, 0.3) is 16.6 Å². The van der Waals surface area contributed by atoms with Gasteiger partial charge >= 0.3 is 0 Å². The topological polar surface area (TPSA) is 52.7 Å². The Morgan fingerprint density at radius 3 is 2.65 bits per heavy atom. The van der Waals surface area contributed by atoms with Gasteiger partial charge in [-0.3, -0.25) is 4.79 Å². The van der Waals surface area contributed by atoms with Crippen LogP contribution in [-0.2, 0) is 6.54 Å². The molecule has 3 aromatic rings. The summed E-state index contributed by atoms with van der Waals surface area (Å²) in [5.41, 5.74) is -0.0957. The third-order valence-electron chi connectivity index (χ3n) is 3.07. The fraction of sp³-hybridized carbons (Fsp3) is 0.214. The van der Waals surface area contributed by atoms with Gasteiger partial charge in [-0.25, -0.2) is 9.36 Å². The number of rotatable bonds is 4. The average Bonchev–Trinajstić information content (AvgIpc) is 3.01. The van der Waals surface area contributed by atoms with E-state index in [1.54, 1.807) is 10.9 Å².